The molecule has 0 saturated heterocycles. The van der Waals surface area contributed by atoms with Gasteiger partial charge in [0.15, 0.2) is 46.7 Å². The van der Waals surface area contributed by atoms with Crippen molar-refractivity contribution in [1.82, 2.24) is 0 Å². The summed E-state index contributed by atoms with van der Waals surface area (Å²) in [6, 6.07) is 1.50. The zero-order valence-electron chi connectivity index (χ0n) is 25.3. The Balaban J connectivity index is 1.46. The number of amidine groups is 8. The maximum Gasteiger partial charge on any atom is 0.166 e. The van der Waals surface area contributed by atoms with E-state index in [0.717, 1.165) is 0 Å². The van der Waals surface area contributed by atoms with Crippen LogP contribution in [0.2, 0.25) is 75.3 Å². The number of halogens is 15. The SMILES string of the molecule is Clc1cc2c(c(Cl)c1Cl)C1=NC3=NC(=NC4=NC(=NC5=NC(=NC2=N1)c1c(Cl)c(Cl)c(Cl)c(Cl)c15)c1c(Cl)c(Cl)c(Cl)c(Cl)c14)c1c(Cl)c(Cl)c(Cl)c(Cl)c13. The summed E-state index contributed by atoms with van der Waals surface area (Å²) in [6.07, 6.45) is 0. The van der Waals surface area contributed by atoms with Gasteiger partial charge in [0.25, 0.3) is 0 Å². The Hall–Kier alpha value is -1.41. The lowest BCUT2D eigenvalue weighted by molar-refractivity contribution is 1.49. The van der Waals surface area contributed by atoms with Gasteiger partial charge in [0.05, 0.1) is 114 Å². The molecule has 23 heteroatoms. The van der Waals surface area contributed by atoms with Gasteiger partial charge in [-0.05, 0) is 6.07 Å². The molecule has 0 N–H and O–H groups in total. The third-order valence-corrected chi connectivity index (χ3v) is 15.1. The molecule has 8 bridgehead atoms. The fourth-order valence-corrected chi connectivity index (χ4v) is 9.80. The second-order valence-electron chi connectivity index (χ2n) is 11.4. The predicted octanol–water partition coefficient (Wildman–Crippen LogP) is 14.6. The molecule has 4 aromatic rings. The molecule has 0 amide bonds. The smallest absolute Gasteiger partial charge is 0.166 e. The van der Waals surface area contributed by atoms with E-state index in [0.29, 0.717) is 5.56 Å². The number of aliphatic imine (C=N–C) groups is 8. The summed E-state index contributed by atoms with van der Waals surface area (Å²) in [5, 5.41) is -0.796. The average Bonchev–Trinajstić information content (AvgIpc) is 3.89. The van der Waals surface area contributed by atoms with E-state index < -0.39 is 0 Å². The first kappa shape index (κ1) is 39.1. The summed E-state index contributed by atoms with van der Waals surface area (Å²) in [4.78, 5) is 37.8. The molecule has 5 heterocycles. The first-order valence-corrected chi connectivity index (χ1v) is 20.2. The van der Waals surface area contributed by atoms with E-state index in [2.05, 4.69) is 9.98 Å². The van der Waals surface area contributed by atoms with Gasteiger partial charge in [-0.2, -0.15) is 0 Å². The Morgan fingerprint density at radius 2 is 0.418 bits per heavy atom. The number of hydrogen-bond donors (Lipinski definition) is 0. The van der Waals surface area contributed by atoms with Crippen LogP contribution in [0.1, 0.15) is 44.5 Å². The van der Waals surface area contributed by atoms with Crippen molar-refractivity contribution in [3.05, 3.63) is 126 Å². The number of rotatable bonds is 0. The van der Waals surface area contributed by atoms with Crippen LogP contribution in [0.4, 0.5) is 0 Å². The van der Waals surface area contributed by atoms with E-state index in [-0.39, 0.29) is 161 Å². The van der Waals surface area contributed by atoms with Gasteiger partial charge >= 0.3 is 0 Å². The van der Waals surface area contributed by atoms with E-state index in [1.165, 1.54) is 6.07 Å². The molecular formula is C32HCl15N8. The summed E-state index contributed by atoms with van der Waals surface area (Å²) in [6.45, 7) is 0. The first-order chi connectivity index (χ1) is 26.0. The van der Waals surface area contributed by atoms with Crippen molar-refractivity contribution in [2.45, 2.75) is 0 Å². The summed E-state index contributed by atoms with van der Waals surface area (Å²) in [7, 11) is 0. The molecule has 5 aliphatic rings. The van der Waals surface area contributed by atoms with Crippen molar-refractivity contribution in [3.8, 4) is 0 Å². The Morgan fingerprint density at radius 1 is 0.218 bits per heavy atom. The highest BCUT2D eigenvalue weighted by Gasteiger charge is 2.39. The first-order valence-electron chi connectivity index (χ1n) is 14.5. The van der Waals surface area contributed by atoms with Gasteiger partial charge in [-0.25, -0.2) is 39.9 Å². The normalized spacial score (nSPS) is 16.1. The number of hydrogen-bond acceptors (Lipinski definition) is 8. The van der Waals surface area contributed by atoms with E-state index in [9.17, 15) is 0 Å². The maximum absolute atomic E-state index is 6.82. The fraction of sp³-hybridized carbons (Fsp3) is 0. The molecule has 274 valence electrons. The molecule has 0 saturated carbocycles. The molecule has 0 unspecified atom stereocenters. The third kappa shape index (κ3) is 5.63. The Kier molecular flexibility index (Phi) is 9.83. The molecule has 9 rings (SSSR count). The summed E-state index contributed by atoms with van der Waals surface area (Å²) < 4.78 is 0. The van der Waals surface area contributed by atoms with Crippen molar-refractivity contribution >= 4 is 221 Å². The molecule has 0 aliphatic carbocycles. The molecule has 8 nitrogen and oxygen atoms in total. The molecule has 0 atom stereocenters. The second kappa shape index (κ2) is 13.8. The van der Waals surface area contributed by atoms with Crippen LogP contribution in [0.15, 0.2) is 46.0 Å². The molecular weight excluding hydrogens is 1030 g/mol. The quantitative estimate of drug-likeness (QED) is 0.124. The Bertz CT molecular complexity index is 2910. The third-order valence-electron chi connectivity index (χ3n) is 8.46. The van der Waals surface area contributed by atoms with Crippen LogP contribution in [0.3, 0.4) is 0 Å². The van der Waals surface area contributed by atoms with Crippen molar-refractivity contribution in [2.75, 3.05) is 0 Å². The number of benzene rings is 4. The Morgan fingerprint density at radius 3 is 0.691 bits per heavy atom. The highest BCUT2D eigenvalue weighted by atomic mass is 35.5. The van der Waals surface area contributed by atoms with Crippen LogP contribution < -0.4 is 0 Å². The summed E-state index contributed by atoms with van der Waals surface area (Å²) >= 11 is 100.0. The standard InChI is InChI=1S/C32HCl15N8/c33-3-1-2-4(12(35)11(3)34)26-48-25(2)49-27-5-6(14(37)20(43)19(42)13(5)36)29(51-27)53-31-9-10(18(41)24(47)23(46)17(9)40)32(55-31)54-30-8-7(28(50-26)52-30)15(38)21(44)22(45)16(8)39/h1H. The largest absolute Gasteiger partial charge is 0.208 e. The van der Waals surface area contributed by atoms with Gasteiger partial charge in [-0.3, -0.25) is 0 Å². The molecule has 4 aromatic carbocycles. The van der Waals surface area contributed by atoms with Crippen LogP contribution >= 0.6 is 174 Å². The molecule has 0 fully saturated rings. The molecule has 5 aliphatic heterocycles. The van der Waals surface area contributed by atoms with Gasteiger partial charge in [0.1, 0.15) is 0 Å². The lowest BCUT2D eigenvalue weighted by atomic mass is 10.1. The van der Waals surface area contributed by atoms with Crippen LogP contribution in [-0.2, 0) is 0 Å². The predicted molar refractivity (Wildman–Crippen MR) is 233 cm³/mol. The van der Waals surface area contributed by atoms with Crippen LogP contribution in [0.25, 0.3) is 0 Å². The van der Waals surface area contributed by atoms with Gasteiger partial charge in [0.2, 0.25) is 0 Å². The average molecular weight is 1030 g/mol. The zero-order chi connectivity index (χ0) is 39.3. The molecule has 0 radical (unpaired) electrons. The van der Waals surface area contributed by atoms with Crippen LogP contribution in [0, 0.1) is 0 Å². The van der Waals surface area contributed by atoms with Gasteiger partial charge in [-0.1, -0.05) is 174 Å². The van der Waals surface area contributed by atoms with E-state index in [1.54, 1.807) is 0 Å². The van der Waals surface area contributed by atoms with Crippen LogP contribution in [0.5, 0.6) is 0 Å². The van der Waals surface area contributed by atoms with Crippen molar-refractivity contribution < 1.29 is 0 Å². The van der Waals surface area contributed by atoms with Crippen molar-refractivity contribution in [1.29, 1.82) is 0 Å². The maximum atomic E-state index is 6.82. The van der Waals surface area contributed by atoms with E-state index in [4.69, 9.17) is 204 Å². The fourth-order valence-electron chi connectivity index (χ4n) is 6.05. The minimum Gasteiger partial charge on any atom is -0.208 e. The lowest BCUT2D eigenvalue weighted by Gasteiger charge is -2.12. The van der Waals surface area contributed by atoms with Crippen molar-refractivity contribution in [3.63, 3.8) is 0 Å². The summed E-state index contributed by atoms with van der Waals surface area (Å²) in [5.41, 5.74) is 1.34. The highest BCUT2D eigenvalue weighted by Crippen LogP contribution is 2.49. The monoisotopic (exact) mass is 1020 g/mol. The molecule has 0 aromatic heterocycles. The topological polar surface area (TPSA) is 98.9 Å². The van der Waals surface area contributed by atoms with Gasteiger partial charge < -0.3 is 0 Å². The molecule has 55 heavy (non-hydrogen) atoms. The van der Waals surface area contributed by atoms with Gasteiger partial charge in [-0.15, -0.1) is 0 Å². The highest BCUT2D eigenvalue weighted by molar-refractivity contribution is 6.59. The second-order valence-corrected chi connectivity index (χ2v) is 17.1. The van der Waals surface area contributed by atoms with E-state index in [1.807, 2.05) is 0 Å². The summed E-state index contributed by atoms with van der Waals surface area (Å²) in [5.74, 6) is -0.493. The van der Waals surface area contributed by atoms with Gasteiger partial charge in [0, 0.05) is 5.56 Å². The zero-order valence-corrected chi connectivity index (χ0v) is 36.7. The number of fused-ring (bicyclic) bond motifs is 16. The molecule has 0 spiro atoms. The lowest BCUT2D eigenvalue weighted by Crippen LogP contribution is -2.06. The Labute approximate surface area is 382 Å². The minimum atomic E-state index is -0.0939. The minimum absolute atomic E-state index is 0.00518. The van der Waals surface area contributed by atoms with E-state index >= 15 is 0 Å². The van der Waals surface area contributed by atoms with Crippen molar-refractivity contribution in [2.24, 2.45) is 39.9 Å². The van der Waals surface area contributed by atoms with Crippen LogP contribution in [-0.4, -0.2) is 46.7 Å². The number of nitrogens with zero attached hydrogens (tertiary/aromatic N) is 8.